The van der Waals surface area contributed by atoms with E-state index in [1.807, 2.05) is 6.07 Å². The average molecular weight is 310 g/mol. The van der Waals surface area contributed by atoms with E-state index in [-0.39, 0.29) is 11.9 Å². The van der Waals surface area contributed by atoms with Crippen LogP contribution in [0.3, 0.4) is 0 Å². The van der Waals surface area contributed by atoms with Crippen LogP contribution in [0.15, 0.2) is 18.2 Å². The molecule has 21 heavy (non-hydrogen) atoms. The Labute approximate surface area is 131 Å². The Morgan fingerprint density at radius 1 is 1.52 bits per heavy atom. The van der Waals surface area contributed by atoms with Crippen molar-refractivity contribution in [3.8, 4) is 0 Å². The van der Waals surface area contributed by atoms with Crippen LogP contribution in [0.5, 0.6) is 0 Å². The van der Waals surface area contributed by atoms with Gasteiger partial charge in [0.1, 0.15) is 0 Å². The highest BCUT2D eigenvalue weighted by Crippen LogP contribution is 2.31. The van der Waals surface area contributed by atoms with E-state index in [9.17, 15) is 4.79 Å². The number of anilines is 1. The lowest BCUT2D eigenvalue weighted by Crippen LogP contribution is -2.35. The zero-order valence-electron chi connectivity index (χ0n) is 12.9. The number of amides is 1. The molecule has 4 nitrogen and oxygen atoms in total. The predicted molar refractivity (Wildman–Crippen MR) is 88.0 cm³/mol. The quantitative estimate of drug-likeness (QED) is 0.879. The van der Waals surface area contributed by atoms with Crippen molar-refractivity contribution in [2.24, 2.45) is 0 Å². The summed E-state index contributed by atoms with van der Waals surface area (Å²) < 4.78 is 0. The molecule has 1 heterocycles. The number of rotatable bonds is 5. The molecule has 2 rings (SSSR count). The number of nitrogens with one attached hydrogen (secondary N) is 2. The van der Waals surface area contributed by atoms with Crippen LogP contribution in [-0.2, 0) is 4.79 Å². The van der Waals surface area contributed by atoms with Crippen LogP contribution >= 0.6 is 11.6 Å². The first-order chi connectivity index (χ1) is 10.0. The molecule has 1 aliphatic heterocycles. The Balaban J connectivity index is 2.06. The van der Waals surface area contributed by atoms with Crippen LogP contribution in [0.4, 0.5) is 5.69 Å². The van der Waals surface area contributed by atoms with Gasteiger partial charge in [-0.25, -0.2) is 0 Å². The van der Waals surface area contributed by atoms with Gasteiger partial charge >= 0.3 is 0 Å². The largest absolute Gasteiger partial charge is 0.368 e. The summed E-state index contributed by atoms with van der Waals surface area (Å²) in [7, 11) is 0. The Hall–Kier alpha value is -1.26. The first-order valence-corrected chi connectivity index (χ1v) is 7.94. The van der Waals surface area contributed by atoms with Crippen molar-refractivity contribution in [3.05, 3.63) is 28.8 Å². The van der Waals surface area contributed by atoms with E-state index in [0.717, 1.165) is 36.8 Å². The second-order valence-corrected chi connectivity index (χ2v) is 6.03. The summed E-state index contributed by atoms with van der Waals surface area (Å²) in [6.07, 6.45) is 0.964. The van der Waals surface area contributed by atoms with Crippen molar-refractivity contribution >= 4 is 23.2 Å². The summed E-state index contributed by atoms with van der Waals surface area (Å²) >= 11 is 6.45. The monoisotopic (exact) mass is 309 g/mol. The molecule has 0 saturated carbocycles. The summed E-state index contributed by atoms with van der Waals surface area (Å²) in [5.74, 6) is 0.0303. The molecule has 2 unspecified atom stereocenters. The summed E-state index contributed by atoms with van der Waals surface area (Å²) in [5, 5.41) is 7.14. The maximum atomic E-state index is 11.1. The molecule has 116 valence electrons. The van der Waals surface area contributed by atoms with Crippen molar-refractivity contribution in [2.75, 3.05) is 24.5 Å². The van der Waals surface area contributed by atoms with Gasteiger partial charge in [-0.3, -0.25) is 4.79 Å². The third-order valence-corrected chi connectivity index (χ3v) is 4.22. The lowest BCUT2D eigenvalue weighted by atomic mass is 10.1. The van der Waals surface area contributed by atoms with Crippen molar-refractivity contribution in [2.45, 2.75) is 39.3 Å². The molecule has 1 aromatic carbocycles. The minimum atomic E-state index is 0.0303. The molecule has 1 amide bonds. The van der Waals surface area contributed by atoms with E-state index < -0.39 is 0 Å². The van der Waals surface area contributed by atoms with E-state index in [0.29, 0.717) is 6.04 Å². The van der Waals surface area contributed by atoms with Gasteiger partial charge in [0, 0.05) is 32.1 Å². The first-order valence-electron chi connectivity index (χ1n) is 7.56. The fourth-order valence-corrected chi connectivity index (χ4v) is 3.17. The summed E-state index contributed by atoms with van der Waals surface area (Å²) in [4.78, 5) is 13.4. The van der Waals surface area contributed by atoms with Crippen LogP contribution in [-0.4, -0.2) is 31.6 Å². The van der Waals surface area contributed by atoms with Gasteiger partial charge in [-0.05, 0) is 37.6 Å². The maximum Gasteiger partial charge on any atom is 0.217 e. The Bertz CT molecular complexity index is 506. The van der Waals surface area contributed by atoms with Crippen molar-refractivity contribution in [3.63, 3.8) is 0 Å². The van der Waals surface area contributed by atoms with E-state index >= 15 is 0 Å². The number of carbonyl (C=O) groups excluding carboxylic acids is 1. The fraction of sp³-hybridized carbons (Fsp3) is 0.562. The lowest BCUT2D eigenvalue weighted by molar-refractivity contribution is -0.119. The van der Waals surface area contributed by atoms with Gasteiger partial charge in [0.25, 0.3) is 0 Å². The standard InChI is InChI=1S/C16H24ClN3O/c1-4-18-11(2)13-5-6-16(15(17)9-13)20-8-7-14(10-20)19-12(3)21/h5-6,9,11,14,18H,4,7-8,10H2,1-3H3,(H,19,21). The van der Waals surface area contributed by atoms with Gasteiger partial charge in [-0.15, -0.1) is 0 Å². The van der Waals surface area contributed by atoms with Gasteiger partial charge in [-0.1, -0.05) is 24.6 Å². The van der Waals surface area contributed by atoms with Gasteiger partial charge < -0.3 is 15.5 Å². The smallest absolute Gasteiger partial charge is 0.217 e. The van der Waals surface area contributed by atoms with Crippen LogP contribution in [0.25, 0.3) is 0 Å². The molecule has 0 aromatic heterocycles. The molecule has 0 aliphatic carbocycles. The summed E-state index contributed by atoms with van der Waals surface area (Å²) in [6.45, 7) is 8.47. The maximum absolute atomic E-state index is 11.1. The van der Waals surface area contributed by atoms with Gasteiger partial charge in [0.2, 0.25) is 5.91 Å². The molecule has 1 saturated heterocycles. The number of hydrogen-bond acceptors (Lipinski definition) is 3. The minimum Gasteiger partial charge on any atom is -0.368 e. The second-order valence-electron chi connectivity index (χ2n) is 5.62. The van der Waals surface area contributed by atoms with E-state index in [1.165, 1.54) is 5.56 Å². The Morgan fingerprint density at radius 2 is 2.29 bits per heavy atom. The predicted octanol–water partition coefficient (Wildman–Crippen LogP) is 2.73. The van der Waals surface area contributed by atoms with Crippen LogP contribution in [0.2, 0.25) is 5.02 Å². The highest BCUT2D eigenvalue weighted by molar-refractivity contribution is 6.33. The van der Waals surface area contributed by atoms with Gasteiger partial charge in [0.15, 0.2) is 0 Å². The Morgan fingerprint density at radius 3 is 2.90 bits per heavy atom. The van der Waals surface area contributed by atoms with Gasteiger partial charge in [-0.2, -0.15) is 0 Å². The van der Waals surface area contributed by atoms with Crippen molar-refractivity contribution in [1.82, 2.24) is 10.6 Å². The second kappa shape index (κ2) is 7.14. The van der Waals surface area contributed by atoms with Crippen LogP contribution in [0, 0.1) is 0 Å². The molecule has 0 radical (unpaired) electrons. The molecular weight excluding hydrogens is 286 g/mol. The van der Waals surface area contributed by atoms with E-state index in [4.69, 9.17) is 11.6 Å². The Kier molecular flexibility index (Phi) is 5.48. The molecular formula is C16H24ClN3O. The normalized spacial score (nSPS) is 19.6. The summed E-state index contributed by atoms with van der Waals surface area (Å²) in [6, 6.07) is 6.77. The molecule has 2 atom stereocenters. The van der Waals surface area contributed by atoms with Crippen molar-refractivity contribution < 1.29 is 4.79 Å². The number of carbonyl (C=O) groups is 1. The molecule has 1 aromatic rings. The SMILES string of the molecule is CCNC(C)c1ccc(N2CCC(NC(C)=O)C2)c(Cl)c1. The minimum absolute atomic E-state index is 0.0303. The molecule has 0 spiro atoms. The number of hydrogen-bond donors (Lipinski definition) is 2. The van der Waals surface area contributed by atoms with Crippen LogP contribution in [0.1, 0.15) is 38.8 Å². The molecule has 2 N–H and O–H groups in total. The third-order valence-electron chi connectivity index (χ3n) is 3.92. The number of halogens is 1. The molecule has 0 bridgehead atoms. The first kappa shape index (κ1) is 16.1. The number of benzene rings is 1. The average Bonchev–Trinajstić information content (AvgIpc) is 2.86. The zero-order chi connectivity index (χ0) is 15.4. The van der Waals surface area contributed by atoms with Gasteiger partial charge in [0.05, 0.1) is 10.7 Å². The lowest BCUT2D eigenvalue weighted by Gasteiger charge is -2.22. The van der Waals surface area contributed by atoms with E-state index in [2.05, 4.69) is 41.5 Å². The van der Waals surface area contributed by atoms with Crippen LogP contribution < -0.4 is 15.5 Å². The highest BCUT2D eigenvalue weighted by atomic mass is 35.5. The zero-order valence-corrected chi connectivity index (χ0v) is 13.7. The summed E-state index contributed by atoms with van der Waals surface area (Å²) in [5.41, 5.74) is 2.25. The van der Waals surface area contributed by atoms with Crippen molar-refractivity contribution in [1.29, 1.82) is 0 Å². The fourth-order valence-electron chi connectivity index (χ4n) is 2.86. The third kappa shape index (κ3) is 4.11. The molecule has 5 heteroatoms. The molecule has 1 aliphatic rings. The topological polar surface area (TPSA) is 44.4 Å². The number of nitrogens with zero attached hydrogens (tertiary/aromatic N) is 1. The molecule has 1 fully saturated rings. The highest BCUT2D eigenvalue weighted by Gasteiger charge is 2.24. The van der Waals surface area contributed by atoms with E-state index in [1.54, 1.807) is 6.92 Å².